The molecule has 122 valence electrons. The summed E-state index contributed by atoms with van der Waals surface area (Å²) in [7, 11) is 1.58. The molecule has 3 aromatic rings. The number of hydrogen-bond donors (Lipinski definition) is 1. The molecule has 3 rings (SSSR count). The smallest absolute Gasteiger partial charge is 0.361 e. The highest BCUT2D eigenvalue weighted by molar-refractivity contribution is 5.91. The van der Waals surface area contributed by atoms with Crippen molar-refractivity contribution in [1.82, 2.24) is 15.1 Å². The fourth-order valence-electron chi connectivity index (χ4n) is 2.08. The van der Waals surface area contributed by atoms with Gasteiger partial charge in [-0.25, -0.2) is 14.8 Å². The summed E-state index contributed by atoms with van der Waals surface area (Å²) in [4.78, 5) is 19.6. The number of benzene rings is 1. The van der Waals surface area contributed by atoms with Crippen LogP contribution >= 0.6 is 0 Å². The topological polar surface area (TPSA) is 113 Å². The van der Waals surface area contributed by atoms with Crippen LogP contribution in [0.4, 0.5) is 5.82 Å². The second kappa shape index (κ2) is 6.78. The molecular weight excluding hydrogens is 312 g/mol. The van der Waals surface area contributed by atoms with Gasteiger partial charge in [-0.1, -0.05) is 17.3 Å². The Hall–Kier alpha value is -3.42. The number of hydrogen-bond acceptors (Lipinski definition) is 8. The highest BCUT2D eigenvalue weighted by Gasteiger charge is 2.16. The summed E-state index contributed by atoms with van der Waals surface area (Å²) < 4.78 is 15.6. The molecule has 8 nitrogen and oxygen atoms in total. The molecule has 0 radical (unpaired) electrons. The zero-order valence-electron chi connectivity index (χ0n) is 12.8. The number of carbonyl (C=O) groups is 1. The number of rotatable bonds is 5. The Labute approximate surface area is 137 Å². The quantitative estimate of drug-likeness (QED) is 0.709. The molecular formula is C16H14N4O4. The second-order valence-electron chi connectivity index (χ2n) is 4.75. The Kier molecular flexibility index (Phi) is 4.37. The summed E-state index contributed by atoms with van der Waals surface area (Å²) in [6.45, 7) is -0.100. The Bertz CT molecular complexity index is 863. The van der Waals surface area contributed by atoms with E-state index in [1.165, 1.54) is 12.4 Å². The lowest BCUT2D eigenvalue weighted by atomic mass is 10.1. The molecule has 0 amide bonds. The van der Waals surface area contributed by atoms with Gasteiger partial charge in [0.15, 0.2) is 23.9 Å². The number of ether oxygens (including phenoxy) is 2. The van der Waals surface area contributed by atoms with E-state index >= 15 is 0 Å². The number of aromatic nitrogens is 3. The van der Waals surface area contributed by atoms with Gasteiger partial charge in [-0.15, -0.1) is 0 Å². The van der Waals surface area contributed by atoms with Gasteiger partial charge < -0.3 is 19.7 Å². The fraction of sp³-hybridized carbons (Fsp3) is 0.125. The van der Waals surface area contributed by atoms with Gasteiger partial charge in [-0.3, -0.25) is 0 Å². The highest BCUT2D eigenvalue weighted by atomic mass is 16.5. The minimum atomic E-state index is -0.684. The molecule has 2 N–H and O–H groups in total. The highest BCUT2D eigenvalue weighted by Crippen LogP contribution is 2.29. The minimum Gasteiger partial charge on any atom is -0.496 e. The number of anilines is 1. The largest absolute Gasteiger partial charge is 0.496 e. The van der Waals surface area contributed by atoms with Gasteiger partial charge in [0, 0.05) is 24.0 Å². The molecule has 0 spiro atoms. The van der Waals surface area contributed by atoms with Crippen LogP contribution in [0.5, 0.6) is 5.75 Å². The minimum absolute atomic E-state index is 0.00906. The predicted octanol–water partition coefficient (Wildman–Crippen LogP) is 2.08. The van der Waals surface area contributed by atoms with Gasteiger partial charge in [0.05, 0.1) is 7.11 Å². The zero-order valence-corrected chi connectivity index (χ0v) is 12.8. The number of nitrogen functional groups attached to an aromatic ring is 1. The van der Waals surface area contributed by atoms with Gasteiger partial charge in [-0.2, -0.15) is 0 Å². The van der Waals surface area contributed by atoms with E-state index in [4.69, 9.17) is 19.7 Å². The summed E-state index contributed by atoms with van der Waals surface area (Å²) in [5.74, 6) is 0.374. The van der Waals surface area contributed by atoms with Crippen molar-refractivity contribution in [3.63, 3.8) is 0 Å². The predicted molar refractivity (Wildman–Crippen MR) is 84.1 cm³/mol. The van der Waals surface area contributed by atoms with Crippen LogP contribution in [-0.4, -0.2) is 28.2 Å². The van der Waals surface area contributed by atoms with Crippen LogP contribution in [-0.2, 0) is 11.3 Å². The van der Waals surface area contributed by atoms with E-state index in [-0.39, 0.29) is 18.1 Å². The van der Waals surface area contributed by atoms with E-state index in [2.05, 4.69) is 15.1 Å². The van der Waals surface area contributed by atoms with E-state index < -0.39 is 5.97 Å². The average molecular weight is 326 g/mol. The number of para-hydroxylation sites is 1. The van der Waals surface area contributed by atoms with Crippen LogP contribution in [0, 0.1) is 0 Å². The zero-order chi connectivity index (χ0) is 16.9. The third kappa shape index (κ3) is 3.17. The Morgan fingerprint density at radius 3 is 2.83 bits per heavy atom. The molecule has 0 aliphatic heterocycles. The molecule has 8 heteroatoms. The van der Waals surface area contributed by atoms with Crippen LogP contribution in [0.25, 0.3) is 11.3 Å². The van der Waals surface area contributed by atoms with Crippen molar-refractivity contribution < 1.29 is 18.8 Å². The second-order valence-corrected chi connectivity index (χ2v) is 4.75. The summed E-state index contributed by atoms with van der Waals surface area (Å²) in [6, 6.07) is 9.07. The lowest BCUT2D eigenvalue weighted by Gasteiger charge is -2.04. The number of nitrogens with two attached hydrogens (primary N) is 1. The number of carbonyl (C=O) groups excluding carboxylic acids is 1. The van der Waals surface area contributed by atoms with Crippen molar-refractivity contribution in [3.05, 3.63) is 54.2 Å². The normalized spacial score (nSPS) is 10.4. The number of methoxy groups -OCH3 is 1. The lowest BCUT2D eigenvalue weighted by molar-refractivity contribution is 0.0431. The maximum atomic E-state index is 11.9. The van der Waals surface area contributed by atoms with Crippen molar-refractivity contribution in [2.75, 3.05) is 12.8 Å². The van der Waals surface area contributed by atoms with Crippen LogP contribution in [0.1, 0.15) is 16.2 Å². The standard InChI is InChI=1S/C16H14N4O4/c1-22-13-5-3-2-4-11(13)12-8-10(24-20-12)9-23-16(21)14-15(17)19-7-6-18-14/h2-8H,9H2,1H3,(H2,17,19). The lowest BCUT2D eigenvalue weighted by Crippen LogP contribution is -2.11. The molecule has 0 unspecified atom stereocenters. The first-order chi connectivity index (χ1) is 11.7. The molecule has 1 aromatic carbocycles. The van der Waals surface area contributed by atoms with Crippen molar-refractivity contribution in [1.29, 1.82) is 0 Å². The summed E-state index contributed by atoms with van der Waals surface area (Å²) in [5, 5.41) is 3.96. The van der Waals surface area contributed by atoms with E-state index in [0.29, 0.717) is 17.2 Å². The number of nitrogens with zero attached hydrogens (tertiary/aromatic N) is 3. The molecule has 0 bridgehead atoms. The van der Waals surface area contributed by atoms with Crippen molar-refractivity contribution >= 4 is 11.8 Å². The van der Waals surface area contributed by atoms with E-state index in [1.807, 2.05) is 24.3 Å². The van der Waals surface area contributed by atoms with Gasteiger partial charge in [0.2, 0.25) is 0 Å². The van der Waals surface area contributed by atoms with Crippen LogP contribution in [0.2, 0.25) is 0 Å². The van der Waals surface area contributed by atoms with E-state index in [0.717, 1.165) is 5.56 Å². The molecule has 0 aliphatic carbocycles. The SMILES string of the molecule is COc1ccccc1-c1cc(COC(=O)c2nccnc2N)on1. The van der Waals surface area contributed by atoms with Gasteiger partial charge in [0.25, 0.3) is 0 Å². The molecule has 0 aliphatic rings. The van der Waals surface area contributed by atoms with Crippen molar-refractivity contribution in [2.45, 2.75) is 6.61 Å². The molecule has 0 saturated heterocycles. The fourth-order valence-corrected chi connectivity index (χ4v) is 2.08. The third-order valence-corrected chi connectivity index (χ3v) is 3.21. The first kappa shape index (κ1) is 15.5. The summed E-state index contributed by atoms with van der Waals surface area (Å²) in [5.41, 5.74) is 6.90. The van der Waals surface area contributed by atoms with Gasteiger partial charge >= 0.3 is 5.97 Å². The maximum Gasteiger partial charge on any atom is 0.361 e. The molecule has 0 atom stereocenters. The molecule has 2 aromatic heterocycles. The Morgan fingerprint density at radius 2 is 2.04 bits per heavy atom. The van der Waals surface area contributed by atoms with E-state index in [9.17, 15) is 4.79 Å². The monoisotopic (exact) mass is 326 g/mol. The summed E-state index contributed by atoms with van der Waals surface area (Å²) >= 11 is 0. The maximum absolute atomic E-state index is 11.9. The van der Waals surface area contributed by atoms with Crippen LogP contribution in [0.15, 0.2) is 47.2 Å². The molecule has 2 heterocycles. The molecule has 24 heavy (non-hydrogen) atoms. The van der Waals surface area contributed by atoms with Crippen molar-refractivity contribution in [2.24, 2.45) is 0 Å². The van der Waals surface area contributed by atoms with Crippen LogP contribution in [0.3, 0.4) is 0 Å². The van der Waals surface area contributed by atoms with Crippen molar-refractivity contribution in [3.8, 4) is 17.0 Å². The van der Waals surface area contributed by atoms with E-state index in [1.54, 1.807) is 13.2 Å². The Morgan fingerprint density at radius 1 is 1.25 bits per heavy atom. The van der Waals surface area contributed by atoms with Crippen LogP contribution < -0.4 is 10.5 Å². The summed E-state index contributed by atoms with van der Waals surface area (Å²) in [6.07, 6.45) is 2.75. The first-order valence-corrected chi connectivity index (χ1v) is 7.01. The Balaban J connectivity index is 1.71. The van der Waals surface area contributed by atoms with Gasteiger partial charge in [0.1, 0.15) is 11.4 Å². The number of esters is 1. The first-order valence-electron chi connectivity index (χ1n) is 7.01. The third-order valence-electron chi connectivity index (χ3n) is 3.21. The molecule has 0 fully saturated rings. The van der Waals surface area contributed by atoms with Gasteiger partial charge in [-0.05, 0) is 12.1 Å². The average Bonchev–Trinajstić information content (AvgIpc) is 3.09. The molecule has 0 saturated carbocycles.